The lowest BCUT2D eigenvalue weighted by Gasteiger charge is -2.42. The van der Waals surface area contributed by atoms with Crippen LogP contribution in [0.4, 0.5) is 11.4 Å². The van der Waals surface area contributed by atoms with Crippen LogP contribution < -0.4 is 25.0 Å². The van der Waals surface area contributed by atoms with Gasteiger partial charge in [-0.05, 0) is 130 Å². The highest BCUT2D eigenvalue weighted by Crippen LogP contribution is 2.44. The normalized spacial score (nSPS) is 21.2. The fourth-order valence-corrected chi connectivity index (χ4v) is 8.49. The second-order valence-corrected chi connectivity index (χ2v) is 15.6. The molecule has 9 nitrogen and oxygen atoms in total. The van der Waals surface area contributed by atoms with Crippen LogP contribution in [0, 0.1) is 5.92 Å². The predicted octanol–water partition coefficient (Wildman–Crippen LogP) is 7.08. The SMILES string of the molecule is COc1cc2c(cc1OC(C)C)[C@H](c1ccc(Cl)cc1)N(c1ccc(N(C)CC3CCC(N4CCN(CCCCC(N)=O)CC4)CC3)cc1)C(=O)C2. The van der Waals surface area contributed by atoms with Crippen LogP contribution in [-0.2, 0) is 16.0 Å². The van der Waals surface area contributed by atoms with Gasteiger partial charge in [0, 0.05) is 68.6 Å². The van der Waals surface area contributed by atoms with Gasteiger partial charge < -0.3 is 29.9 Å². The highest BCUT2D eigenvalue weighted by molar-refractivity contribution is 6.30. The number of rotatable bonds is 14. The number of unbranched alkanes of at least 4 members (excludes halogenated alkanes) is 1. The molecule has 3 aromatic carbocycles. The number of carbonyl (C=O) groups is 2. The van der Waals surface area contributed by atoms with E-state index < -0.39 is 0 Å². The van der Waals surface area contributed by atoms with Crippen LogP contribution in [0.15, 0.2) is 60.7 Å². The molecule has 0 radical (unpaired) electrons. The van der Waals surface area contributed by atoms with E-state index in [2.05, 4.69) is 46.0 Å². The molecule has 0 aromatic heterocycles. The zero-order chi connectivity index (χ0) is 36.8. The number of halogens is 1. The molecule has 0 spiro atoms. The van der Waals surface area contributed by atoms with Crippen LogP contribution in [-0.4, -0.2) is 87.2 Å². The number of carbonyl (C=O) groups excluding carboxylic acids is 2. The average molecular weight is 730 g/mol. The van der Waals surface area contributed by atoms with Crippen molar-refractivity contribution in [1.82, 2.24) is 9.80 Å². The van der Waals surface area contributed by atoms with Gasteiger partial charge >= 0.3 is 0 Å². The summed E-state index contributed by atoms with van der Waals surface area (Å²) in [5.41, 5.74) is 10.2. The second-order valence-electron chi connectivity index (χ2n) is 15.1. The minimum absolute atomic E-state index is 0.0268. The first kappa shape index (κ1) is 38.0. The van der Waals surface area contributed by atoms with Gasteiger partial charge in [-0.15, -0.1) is 0 Å². The molecule has 3 aromatic rings. The quantitative estimate of drug-likeness (QED) is 0.177. The zero-order valence-corrected chi connectivity index (χ0v) is 32.1. The minimum atomic E-state index is -0.344. The average Bonchev–Trinajstić information content (AvgIpc) is 3.13. The zero-order valence-electron chi connectivity index (χ0n) is 31.4. The lowest BCUT2D eigenvalue weighted by molar-refractivity contribution is -0.119. The largest absolute Gasteiger partial charge is 0.493 e. The summed E-state index contributed by atoms with van der Waals surface area (Å²) in [7, 11) is 3.82. The fourth-order valence-electron chi connectivity index (χ4n) is 8.37. The Morgan fingerprint density at radius 3 is 2.27 bits per heavy atom. The summed E-state index contributed by atoms with van der Waals surface area (Å²) in [5.74, 6) is 1.81. The summed E-state index contributed by atoms with van der Waals surface area (Å²) >= 11 is 6.31. The Morgan fingerprint density at radius 1 is 0.942 bits per heavy atom. The Morgan fingerprint density at radius 2 is 1.63 bits per heavy atom. The monoisotopic (exact) mass is 729 g/mol. The Labute approximate surface area is 315 Å². The van der Waals surface area contributed by atoms with E-state index in [4.69, 9.17) is 26.8 Å². The molecule has 2 heterocycles. The number of hydrogen-bond donors (Lipinski definition) is 1. The van der Waals surface area contributed by atoms with Crippen molar-refractivity contribution in [1.29, 1.82) is 0 Å². The molecule has 52 heavy (non-hydrogen) atoms. The van der Waals surface area contributed by atoms with E-state index >= 15 is 0 Å². The topological polar surface area (TPSA) is 91.6 Å². The number of hydrogen-bond acceptors (Lipinski definition) is 7. The molecule has 1 aliphatic carbocycles. The van der Waals surface area contributed by atoms with Gasteiger partial charge in [-0.25, -0.2) is 0 Å². The maximum Gasteiger partial charge on any atom is 0.232 e. The highest BCUT2D eigenvalue weighted by Gasteiger charge is 2.36. The molecular formula is C42H56ClN5O4. The van der Waals surface area contributed by atoms with Crippen molar-refractivity contribution in [2.75, 3.05) is 63.2 Å². The fraction of sp³-hybridized carbons (Fsp3) is 0.524. The summed E-state index contributed by atoms with van der Waals surface area (Å²) in [6, 6.07) is 20.6. The third-order valence-electron chi connectivity index (χ3n) is 11.1. The molecule has 2 aliphatic heterocycles. The molecule has 3 aliphatic rings. The van der Waals surface area contributed by atoms with Crippen molar-refractivity contribution in [2.24, 2.45) is 11.7 Å². The van der Waals surface area contributed by atoms with E-state index in [-0.39, 0.29) is 30.4 Å². The van der Waals surface area contributed by atoms with E-state index in [1.165, 1.54) is 25.7 Å². The number of amides is 2. The maximum atomic E-state index is 14.0. The summed E-state index contributed by atoms with van der Waals surface area (Å²) in [6.45, 7) is 10.6. The first-order valence-corrected chi connectivity index (χ1v) is 19.5. The van der Waals surface area contributed by atoms with E-state index in [0.717, 1.165) is 80.2 Å². The van der Waals surface area contributed by atoms with Crippen LogP contribution in [0.25, 0.3) is 0 Å². The number of anilines is 2. The van der Waals surface area contributed by atoms with Crippen LogP contribution in [0.3, 0.4) is 0 Å². The third kappa shape index (κ3) is 9.22. The molecule has 1 saturated carbocycles. The van der Waals surface area contributed by atoms with Crippen molar-refractivity contribution in [3.05, 3.63) is 82.4 Å². The predicted molar refractivity (Wildman–Crippen MR) is 210 cm³/mol. The van der Waals surface area contributed by atoms with Crippen LogP contribution in [0.2, 0.25) is 5.02 Å². The van der Waals surface area contributed by atoms with E-state index in [1.807, 2.05) is 55.1 Å². The maximum absolute atomic E-state index is 14.0. The summed E-state index contributed by atoms with van der Waals surface area (Å²) in [6.07, 6.45) is 7.70. The summed E-state index contributed by atoms with van der Waals surface area (Å²) in [5, 5.41) is 0.654. The number of primary amides is 1. The molecule has 2 amide bonds. The van der Waals surface area contributed by atoms with Crippen molar-refractivity contribution in [2.45, 2.75) is 83.4 Å². The standard InChI is InChI=1S/C42H56ClN5O4/c1-29(2)52-39-27-37-32(25-38(39)51-4)26-41(50)48(42(37)31-10-12-33(43)13-11-31)36-18-16-34(17-19-36)45(3)28-30-8-14-35(15-9-30)47-23-21-46(22-24-47)20-6-5-7-40(44)49/h10-13,16-19,25,27,29-30,35,42H,5-9,14-15,20-24,26,28H2,1-4H3,(H2,44,49)/t30?,35?,42-/m0/s1. The van der Waals surface area contributed by atoms with Crippen molar-refractivity contribution in [3.8, 4) is 11.5 Å². The molecule has 0 bridgehead atoms. The Balaban J connectivity index is 1.09. The van der Waals surface area contributed by atoms with Gasteiger partial charge in [-0.1, -0.05) is 23.7 Å². The van der Waals surface area contributed by atoms with Crippen molar-refractivity contribution in [3.63, 3.8) is 0 Å². The molecule has 10 heteroatoms. The number of ether oxygens (including phenoxy) is 2. The van der Waals surface area contributed by atoms with Gasteiger partial charge in [0.2, 0.25) is 11.8 Å². The number of methoxy groups -OCH3 is 1. The van der Waals surface area contributed by atoms with Gasteiger partial charge in [0.05, 0.1) is 25.7 Å². The second kappa shape index (κ2) is 17.4. The molecule has 1 saturated heterocycles. The number of nitrogens with zero attached hydrogens (tertiary/aromatic N) is 4. The van der Waals surface area contributed by atoms with E-state index in [0.29, 0.717) is 34.9 Å². The smallest absolute Gasteiger partial charge is 0.232 e. The summed E-state index contributed by atoms with van der Waals surface area (Å²) in [4.78, 5) is 34.5. The van der Waals surface area contributed by atoms with Gasteiger partial charge in [-0.2, -0.15) is 0 Å². The van der Waals surface area contributed by atoms with Gasteiger partial charge in [-0.3, -0.25) is 14.5 Å². The lowest BCUT2D eigenvalue weighted by atomic mass is 9.84. The summed E-state index contributed by atoms with van der Waals surface area (Å²) < 4.78 is 11.8. The van der Waals surface area contributed by atoms with Crippen molar-refractivity contribution >= 4 is 34.8 Å². The molecule has 2 N–H and O–H groups in total. The number of piperazine rings is 1. The highest BCUT2D eigenvalue weighted by atomic mass is 35.5. The molecule has 6 rings (SSSR count). The lowest BCUT2D eigenvalue weighted by Crippen LogP contribution is -2.51. The van der Waals surface area contributed by atoms with Crippen LogP contribution in [0.5, 0.6) is 11.5 Å². The van der Waals surface area contributed by atoms with Crippen LogP contribution >= 0.6 is 11.6 Å². The van der Waals surface area contributed by atoms with Crippen molar-refractivity contribution < 1.29 is 19.1 Å². The van der Waals surface area contributed by atoms with E-state index in [1.54, 1.807) is 7.11 Å². The first-order chi connectivity index (χ1) is 25.1. The van der Waals surface area contributed by atoms with Crippen LogP contribution in [0.1, 0.15) is 81.5 Å². The molecule has 0 unspecified atom stereocenters. The number of nitrogens with two attached hydrogens (primary N) is 1. The minimum Gasteiger partial charge on any atom is -0.493 e. The first-order valence-electron chi connectivity index (χ1n) is 19.1. The van der Waals surface area contributed by atoms with Gasteiger partial charge in [0.25, 0.3) is 0 Å². The number of benzene rings is 3. The third-order valence-corrected chi connectivity index (χ3v) is 11.4. The number of fused-ring (bicyclic) bond motifs is 1. The van der Waals surface area contributed by atoms with Gasteiger partial charge in [0.15, 0.2) is 11.5 Å². The Bertz CT molecular complexity index is 1650. The van der Waals surface area contributed by atoms with Gasteiger partial charge in [0.1, 0.15) is 0 Å². The molecule has 2 fully saturated rings. The molecule has 280 valence electrons. The Kier molecular flexibility index (Phi) is 12.7. The Hall–Kier alpha value is -3.79. The molecular weight excluding hydrogens is 674 g/mol. The van der Waals surface area contributed by atoms with E-state index in [9.17, 15) is 9.59 Å². The molecule has 1 atom stereocenters.